The number of aromatic amines is 1. The van der Waals surface area contributed by atoms with Crippen molar-refractivity contribution in [3.63, 3.8) is 0 Å². The van der Waals surface area contributed by atoms with Crippen molar-refractivity contribution in [1.29, 1.82) is 0 Å². The number of phenols is 2. The molecule has 90 valence electrons. The lowest BCUT2D eigenvalue weighted by atomic mass is 10.1. The Balaban J connectivity index is 2.51. The number of primary amides is 1. The van der Waals surface area contributed by atoms with E-state index in [9.17, 15) is 15.0 Å². The first kappa shape index (κ1) is 10.4. The number of carbonyl (C=O) groups is 1. The fourth-order valence-corrected chi connectivity index (χ4v) is 2.02. The Morgan fingerprint density at radius 3 is 2.61 bits per heavy atom. The molecule has 0 atom stereocenters. The number of amides is 1. The van der Waals surface area contributed by atoms with E-state index in [1.807, 2.05) is 0 Å². The van der Waals surface area contributed by atoms with Gasteiger partial charge in [-0.2, -0.15) is 0 Å². The second-order valence-corrected chi connectivity index (χ2v) is 3.99. The quantitative estimate of drug-likeness (QED) is 0.481. The van der Waals surface area contributed by atoms with Gasteiger partial charge in [-0.1, -0.05) is 0 Å². The second kappa shape index (κ2) is 3.36. The van der Waals surface area contributed by atoms with Gasteiger partial charge >= 0.3 is 0 Å². The Morgan fingerprint density at radius 2 is 1.89 bits per heavy atom. The highest BCUT2D eigenvalue weighted by molar-refractivity contribution is 6.14. The third kappa shape index (κ3) is 1.29. The minimum absolute atomic E-state index is 0.229. The summed E-state index contributed by atoms with van der Waals surface area (Å²) in [7, 11) is 0. The number of hydrogen-bond acceptors (Lipinski definition) is 4. The van der Waals surface area contributed by atoms with E-state index in [4.69, 9.17) is 5.73 Å². The van der Waals surface area contributed by atoms with E-state index in [0.29, 0.717) is 21.8 Å². The Kier molecular flexibility index (Phi) is 1.94. The van der Waals surface area contributed by atoms with E-state index >= 15 is 0 Å². The highest BCUT2D eigenvalue weighted by Gasteiger charge is 2.13. The van der Waals surface area contributed by atoms with Crippen LogP contribution in [-0.4, -0.2) is 26.1 Å². The van der Waals surface area contributed by atoms with Gasteiger partial charge in [-0.15, -0.1) is 0 Å². The fraction of sp³-hybridized carbons (Fsp3) is 0. The lowest BCUT2D eigenvalue weighted by Crippen LogP contribution is -2.11. The summed E-state index contributed by atoms with van der Waals surface area (Å²) in [4.78, 5) is 18.2. The van der Waals surface area contributed by atoms with Crippen LogP contribution >= 0.6 is 0 Å². The van der Waals surface area contributed by atoms with Gasteiger partial charge in [0.2, 0.25) is 0 Å². The van der Waals surface area contributed by atoms with Crippen LogP contribution in [0.4, 0.5) is 0 Å². The summed E-state index contributed by atoms with van der Waals surface area (Å²) in [5.41, 5.74) is 6.66. The van der Waals surface area contributed by atoms with E-state index < -0.39 is 5.91 Å². The molecule has 0 aliphatic heterocycles. The van der Waals surface area contributed by atoms with Gasteiger partial charge in [0.1, 0.15) is 0 Å². The molecule has 5 N–H and O–H groups in total. The number of phenolic OH excluding ortho intramolecular Hbond substituents is 2. The van der Waals surface area contributed by atoms with Gasteiger partial charge in [-0.05, 0) is 6.07 Å². The zero-order valence-corrected chi connectivity index (χ0v) is 9.14. The zero-order valence-electron chi connectivity index (χ0n) is 9.14. The molecule has 1 aromatic carbocycles. The number of carbonyl (C=O) groups excluding carboxylic acids is 1. The minimum Gasteiger partial charge on any atom is -0.504 e. The summed E-state index contributed by atoms with van der Waals surface area (Å²) < 4.78 is 0. The fourth-order valence-electron chi connectivity index (χ4n) is 2.02. The first-order valence-corrected chi connectivity index (χ1v) is 5.19. The average Bonchev–Trinajstić information content (AvgIpc) is 2.67. The molecule has 0 bridgehead atoms. The van der Waals surface area contributed by atoms with Gasteiger partial charge in [0, 0.05) is 29.2 Å². The molecule has 3 aromatic rings. The van der Waals surface area contributed by atoms with Crippen LogP contribution < -0.4 is 5.73 Å². The van der Waals surface area contributed by atoms with Crippen LogP contribution in [0.1, 0.15) is 10.4 Å². The number of benzene rings is 1. The van der Waals surface area contributed by atoms with Crippen LogP contribution in [-0.2, 0) is 0 Å². The molecule has 1 amide bonds. The smallest absolute Gasteiger partial charge is 0.252 e. The first-order chi connectivity index (χ1) is 8.58. The molecular weight excluding hydrogens is 234 g/mol. The van der Waals surface area contributed by atoms with Crippen molar-refractivity contribution in [3.05, 3.63) is 30.1 Å². The maximum Gasteiger partial charge on any atom is 0.252 e. The summed E-state index contributed by atoms with van der Waals surface area (Å²) >= 11 is 0. The molecule has 6 heteroatoms. The van der Waals surface area contributed by atoms with E-state index in [2.05, 4.69) is 9.97 Å². The Bertz CT molecular complexity index is 792. The van der Waals surface area contributed by atoms with Crippen molar-refractivity contribution in [3.8, 4) is 11.5 Å². The molecule has 0 unspecified atom stereocenters. The summed E-state index contributed by atoms with van der Waals surface area (Å²) in [6.45, 7) is 0. The molecule has 0 radical (unpaired) electrons. The number of nitrogens with two attached hydrogens (primary N) is 1. The maximum atomic E-state index is 11.3. The van der Waals surface area contributed by atoms with Gasteiger partial charge < -0.3 is 20.9 Å². The van der Waals surface area contributed by atoms with Crippen LogP contribution in [0, 0.1) is 0 Å². The van der Waals surface area contributed by atoms with Crippen molar-refractivity contribution < 1.29 is 15.0 Å². The molecule has 3 rings (SSSR count). The largest absolute Gasteiger partial charge is 0.504 e. The maximum absolute atomic E-state index is 11.3. The normalized spacial score (nSPS) is 11.1. The molecule has 0 aliphatic rings. The lowest BCUT2D eigenvalue weighted by molar-refractivity contribution is 0.100. The SMILES string of the molecule is NC(=O)c1cncc2c1[nH]c1cc(O)c(O)cc12. The third-order valence-electron chi connectivity index (χ3n) is 2.88. The molecule has 2 aromatic heterocycles. The molecule has 0 saturated carbocycles. The number of aromatic hydroxyl groups is 2. The van der Waals surface area contributed by atoms with Gasteiger partial charge in [-0.3, -0.25) is 9.78 Å². The molecule has 0 spiro atoms. The summed E-state index contributed by atoms with van der Waals surface area (Å²) in [5, 5.41) is 20.3. The number of pyridine rings is 1. The highest BCUT2D eigenvalue weighted by Crippen LogP contribution is 2.34. The average molecular weight is 243 g/mol. The predicted molar refractivity (Wildman–Crippen MR) is 65.4 cm³/mol. The van der Waals surface area contributed by atoms with E-state index in [-0.39, 0.29) is 17.1 Å². The van der Waals surface area contributed by atoms with Crippen molar-refractivity contribution in [2.24, 2.45) is 5.73 Å². The number of H-pyrrole nitrogens is 1. The molecule has 0 saturated heterocycles. The van der Waals surface area contributed by atoms with Crippen molar-refractivity contribution >= 4 is 27.7 Å². The monoisotopic (exact) mass is 243 g/mol. The van der Waals surface area contributed by atoms with Gasteiger partial charge in [0.05, 0.1) is 16.6 Å². The third-order valence-corrected chi connectivity index (χ3v) is 2.88. The first-order valence-electron chi connectivity index (χ1n) is 5.19. The van der Waals surface area contributed by atoms with Crippen LogP contribution in [0.5, 0.6) is 11.5 Å². The van der Waals surface area contributed by atoms with Crippen molar-refractivity contribution in [1.82, 2.24) is 9.97 Å². The van der Waals surface area contributed by atoms with E-state index in [1.54, 1.807) is 6.20 Å². The van der Waals surface area contributed by atoms with Crippen LogP contribution in [0.2, 0.25) is 0 Å². The summed E-state index contributed by atoms with van der Waals surface area (Å²) in [6, 6.07) is 2.80. The number of rotatable bonds is 1. The Hall–Kier alpha value is -2.76. The Morgan fingerprint density at radius 1 is 1.17 bits per heavy atom. The standard InChI is InChI=1S/C12H9N3O3/c13-12(18)7-4-14-3-6-5-1-9(16)10(17)2-8(5)15-11(6)7/h1-4,15-17H,(H2,13,18). The second-order valence-electron chi connectivity index (χ2n) is 3.99. The summed E-state index contributed by atoms with van der Waals surface area (Å²) in [6.07, 6.45) is 2.94. The molecule has 2 heterocycles. The molecule has 0 aliphatic carbocycles. The number of nitrogens with one attached hydrogen (secondary N) is 1. The van der Waals surface area contributed by atoms with Crippen LogP contribution in [0.25, 0.3) is 21.8 Å². The number of fused-ring (bicyclic) bond motifs is 3. The van der Waals surface area contributed by atoms with Gasteiger partial charge in [0.25, 0.3) is 5.91 Å². The topological polar surface area (TPSA) is 112 Å². The van der Waals surface area contributed by atoms with E-state index in [1.165, 1.54) is 18.3 Å². The summed E-state index contributed by atoms with van der Waals surface area (Å²) in [5.74, 6) is -1.05. The molecular formula is C12H9N3O3. The highest BCUT2D eigenvalue weighted by atomic mass is 16.3. The minimum atomic E-state index is -0.590. The van der Waals surface area contributed by atoms with Gasteiger partial charge in [0.15, 0.2) is 11.5 Å². The zero-order chi connectivity index (χ0) is 12.9. The van der Waals surface area contributed by atoms with Crippen LogP contribution in [0.15, 0.2) is 24.5 Å². The number of aromatic nitrogens is 2. The molecule has 0 fully saturated rings. The van der Waals surface area contributed by atoms with Crippen molar-refractivity contribution in [2.45, 2.75) is 0 Å². The lowest BCUT2D eigenvalue weighted by Gasteiger charge is -1.97. The number of nitrogens with zero attached hydrogens (tertiary/aromatic N) is 1. The Labute approximate surface area is 101 Å². The van der Waals surface area contributed by atoms with Crippen molar-refractivity contribution in [2.75, 3.05) is 0 Å². The molecule has 18 heavy (non-hydrogen) atoms. The molecule has 6 nitrogen and oxygen atoms in total. The van der Waals surface area contributed by atoms with Gasteiger partial charge in [-0.25, -0.2) is 0 Å². The predicted octanol–water partition coefficient (Wildman–Crippen LogP) is 1.23. The van der Waals surface area contributed by atoms with Crippen LogP contribution in [0.3, 0.4) is 0 Å². The van der Waals surface area contributed by atoms with E-state index in [0.717, 1.165) is 0 Å². The number of hydrogen-bond donors (Lipinski definition) is 4.